The second kappa shape index (κ2) is 6.51. The molecule has 0 aromatic heterocycles. The Hall–Kier alpha value is -1.56. The van der Waals surface area contributed by atoms with Crippen molar-refractivity contribution in [3.63, 3.8) is 0 Å². The Morgan fingerprint density at radius 1 is 1.13 bits per heavy atom. The van der Waals surface area contributed by atoms with Gasteiger partial charge in [0.2, 0.25) is 0 Å². The molecule has 1 fully saturated rings. The van der Waals surface area contributed by atoms with Crippen molar-refractivity contribution in [1.29, 1.82) is 0 Å². The largest absolute Gasteiger partial charge is 0.481 e. The third-order valence-electron chi connectivity index (χ3n) is 4.72. The Bertz CT molecular complexity index is 554. The third-order valence-corrected chi connectivity index (χ3v) is 4.72. The minimum Gasteiger partial charge on any atom is -0.481 e. The molecule has 6 heteroatoms. The van der Waals surface area contributed by atoms with Crippen LogP contribution in [0.25, 0.3) is 0 Å². The third kappa shape index (κ3) is 3.86. The second-order valence-corrected chi connectivity index (χ2v) is 6.54. The molecule has 23 heavy (non-hydrogen) atoms. The van der Waals surface area contributed by atoms with Crippen molar-refractivity contribution in [2.24, 2.45) is 11.8 Å². The molecule has 1 aromatic carbocycles. The summed E-state index contributed by atoms with van der Waals surface area (Å²) in [5.74, 6) is -4.20. The van der Waals surface area contributed by atoms with Gasteiger partial charge in [-0.1, -0.05) is 38.1 Å². The van der Waals surface area contributed by atoms with E-state index in [9.17, 15) is 18.0 Å². The van der Waals surface area contributed by atoms with E-state index in [0.717, 1.165) is 5.56 Å². The highest BCUT2D eigenvalue weighted by atomic mass is 19.4. The molecule has 0 aliphatic carbocycles. The van der Waals surface area contributed by atoms with Crippen LogP contribution >= 0.6 is 0 Å². The summed E-state index contributed by atoms with van der Waals surface area (Å²) in [6.07, 6.45) is -4.49. The fourth-order valence-corrected chi connectivity index (χ4v) is 3.10. The predicted molar refractivity (Wildman–Crippen MR) is 81.2 cm³/mol. The molecule has 0 bridgehead atoms. The average Bonchev–Trinajstić information content (AvgIpc) is 2.92. The van der Waals surface area contributed by atoms with Gasteiger partial charge in [0.15, 0.2) is 0 Å². The number of nitrogens with zero attached hydrogens (tertiary/aromatic N) is 1. The Balaban J connectivity index is 2.16. The first kappa shape index (κ1) is 17.8. The first-order chi connectivity index (χ1) is 10.6. The van der Waals surface area contributed by atoms with Crippen LogP contribution in [0.2, 0.25) is 0 Å². The zero-order chi connectivity index (χ0) is 17.4. The van der Waals surface area contributed by atoms with Crippen molar-refractivity contribution in [3.8, 4) is 0 Å². The van der Waals surface area contributed by atoms with Crippen LogP contribution in [0.1, 0.15) is 43.9 Å². The summed E-state index contributed by atoms with van der Waals surface area (Å²) in [5.41, 5.74) is 2.07. The first-order valence-corrected chi connectivity index (χ1v) is 7.74. The van der Waals surface area contributed by atoms with Gasteiger partial charge in [0, 0.05) is 19.1 Å². The molecular formula is C17H22F3NO2. The van der Waals surface area contributed by atoms with E-state index in [0.29, 0.717) is 5.92 Å². The molecule has 1 aliphatic rings. The van der Waals surface area contributed by atoms with Gasteiger partial charge in [-0.15, -0.1) is 0 Å². The van der Waals surface area contributed by atoms with Crippen LogP contribution in [0, 0.1) is 11.8 Å². The maximum absolute atomic E-state index is 13.1. The normalized spacial score (nSPS) is 24.1. The van der Waals surface area contributed by atoms with Crippen molar-refractivity contribution < 1.29 is 23.1 Å². The molecule has 1 aliphatic heterocycles. The van der Waals surface area contributed by atoms with Crippen LogP contribution in [0.5, 0.6) is 0 Å². The van der Waals surface area contributed by atoms with Gasteiger partial charge in [0.1, 0.15) is 0 Å². The number of hydrogen-bond acceptors (Lipinski definition) is 2. The zero-order valence-electron chi connectivity index (χ0n) is 13.5. The van der Waals surface area contributed by atoms with Crippen LogP contribution in [0.3, 0.4) is 0 Å². The lowest BCUT2D eigenvalue weighted by Gasteiger charge is -2.25. The molecule has 1 heterocycles. The summed E-state index contributed by atoms with van der Waals surface area (Å²) in [5, 5.41) is 9.09. The van der Waals surface area contributed by atoms with E-state index in [-0.39, 0.29) is 19.1 Å². The van der Waals surface area contributed by atoms with Gasteiger partial charge in [-0.3, -0.25) is 9.69 Å². The lowest BCUT2D eigenvalue weighted by atomic mass is 9.96. The summed E-state index contributed by atoms with van der Waals surface area (Å²) >= 11 is 0. The highest BCUT2D eigenvalue weighted by molar-refractivity contribution is 5.71. The number of aliphatic carboxylic acids is 1. The smallest absolute Gasteiger partial charge is 0.393 e. The van der Waals surface area contributed by atoms with E-state index < -0.39 is 24.0 Å². The Labute approximate surface area is 134 Å². The minimum absolute atomic E-state index is 0.0768. The minimum atomic E-state index is -4.49. The Morgan fingerprint density at radius 2 is 1.65 bits per heavy atom. The van der Waals surface area contributed by atoms with Crippen LogP contribution in [-0.2, 0) is 4.79 Å². The van der Waals surface area contributed by atoms with Crippen LogP contribution in [-0.4, -0.2) is 35.2 Å². The van der Waals surface area contributed by atoms with Gasteiger partial charge in [0.25, 0.3) is 0 Å². The lowest BCUT2D eigenvalue weighted by molar-refractivity contribution is -0.188. The van der Waals surface area contributed by atoms with Crippen molar-refractivity contribution in [2.45, 2.75) is 38.9 Å². The van der Waals surface area contributed by atoms with E-state index in [1.54, 1.807) is 4.90 Å². The van der Waals surface area contributed by atoms with Crippen LogP contribution in [0.15, 0.2) is 24.3 Å². The van der Waals surface area contributed by atoms with Crippen LogP contribution in [0.4, 0.5) is 13.2 Å². The second-order valence-electron chi connectivity index (χ2n) is 6.54. The Kier molecular flexibility index (Phi) is 5.04. The maximum Gasteiger partial charge on any atom is 0.393 e. The van der Waals surface area contributed by atoms with Gasteiger partial charge in [-0.05, 0) is 24.0 Å². The van der Waals surface area contributed by atoms with Gasteiger partial charge >= 0.3 is 12.1 Å². The Morgan fingerprint density at radius 3 is 2.04 bits per heavy atom. The summed E-state index contributed by atoms with van der Waals surface area (Å²) in [6, 6.07) is 7.53. The van der Waals surface area contributed by atoms with Crippen molar-refractivity contribution in [3.05, 3.63) is 35.4 Å². The van der Waals surface area contributed by atoms with Crippen molar-refractivity contribution >= 4 is 5.97 Å². The molecule has 3 nitrogen and oxygen atoms in total. The molecule has 3 atom stereocenters. The fraction of sp³-hybridized carbons (Fsp3) is 0.588. The summed E-state index contributed by atoms with van der Waals surface area (Å²) < 4.78 is 39.2. The number of carbonyl (C=O) groups is 1. The van der Waals surface area contributed by atoms with E-state index in [4.69, 9.17) is 5.11 Å². The molecule has 0 saturated carbocycles. The zero-order valence-corrected chi connectivity index (χ0v) is 13.5. The van der Waals surface area contributed by atoms with Gasteiger partial charge in [-0.2, -0.15) is 13.2 Å². The molecule has 0 amide bonds. The number of likely N-dealkylation sites (tertiary alicyclic amines) is 1. The molecule has 1 aromatic rings. The highest BCUT2D eigenvalue weighted by Crippen LogP contribution is 2.40. The number of rotatable bonds is 4. The van der Waals surface area contributed by atoms with Gasteiger partial charge < -0.3 is 5.11 Å². The summed E-state index contributed by atoms with van der Waals surface area (Å²) in [7, 11) is 0. The van der Waals surface area contributed by atoms with E-state index >= 15 is 0 Å². The fourth-order valence-electron chi connectivity index (χ4n) is 3.10. The standard InChI is InChI=1S/C17H22F3NO2/c1-10(2)12-4-6-13(7-5-12)11(3)21-8-14(16(22)23)15(9-21)17(18,19)20/h4-7,10-11,14-15H,8-9H2,1-3H3,(H,22,23)/t11?,14-,15-/m1/s1. The lowest BCUT2D eigenvalue weighted by Crippen LogP contribution is -2.33. The molecule has 0 spiro atoms. The predicted octanol–water partition coefficient (Wildman–Crippen LogP) is 4.07. The first-order valence-electron chi connectivity index (χ1n) is 7.74. The molecule has 128 valence electrons. The molecule has 1 N–H and O–H groups in total. The molecular weight excluding hydrogens is 307 g/mol. The number of carboxylic acid groups (broad SMARTS) is 1. The number of benzene rings is 1. The highest BCUT2D eigenvalue weighted by Gasteiger charge is 2.53. The number of hydrogen-bond donors (Lipinski definition) is 1. The van der Waals surface area contributed by atoms with Gasteiger partial charge in [-0.25, -0.2) is 0 Å². The van der Waals surface area contributed by atoms with Gasteiger partial charge in [0.05, 0.1) is 11.8 Å². The molecule has 1 unspecified atom stereocenters. The summed E-state index contributed by atoms with van der Waals surface area (Å²) in [6.45, 7) is 5.62. The van der Waals surface area contributed by atoms with Crippen molar-refractivity contribution in [2.75, 3.05) is 13.1 Å². The summed E-state index contributed by atoms with van der Waals surface area (Å²) in [4.78, 5) is 12.8. The SMILES string of the molecule is CC(C)c1ccc(C(C)N2C[C@@H](C(F)(F)F)[C@H](C(=O)O)C2)cc1. The number of halogens is 3. The molecule has 1 saturated heterocycles. The number of alkyl halides is 3. The van der Waals surface area contributed by atoms with E-state index in [1.165, 1.54) is 5.56 Å². The van der Waals surface area contributed by atoms with E-state index in [1.807, 2.05) is 31.2 Å². The van der Waals surface area contributed by atoms with Crippen LogP contribution < -0.4 is 0 Å². The van der Waals surface area contributed by atoms with Crippen molar-refractivity contribution in [1.82, 2.24) is 4.90 Å². The topological polar surface area (TPSA) is 40.5 Å². The average molecular weight is 329 g/mol. The molecule has 2 rings (SSSR count). The maximum atomic E-state index is 13.1. The quantitative estimate of drug-likeness (QED) is 0.905. The van der Waals surface area contributed by atoms with E-state index in [2.05, 4.69) is 13.8 Å². The number of carboxylic acids is 1. The monoisotopic (exact) mass is 329 g/mol. The molecule has 0 radical (unpaired) electrons.